The molecule has 148 valence electrons. The topological polar surface area (TPSA) is 49.8 Å². The van der Waals surface area contributed by atoms with E-state index in [1.807, 2.05) is 13.2 Å². The third kappa shape index (κ3) is 3.82. The lowest BCUT2D eigenvalue weighted by Crippen LogP contribution is -2.35. The van der Waals surface area contributed by atoms with Gasteiger partial charge in [0.15, 0.2) is 17.3 Å². The molecule has 2 aromatic carbocycles. The van der Waals surface area contributed by atoms with Gasteiger partial charge in [-0.1, -0.05) is 30.3 Å². The van der Waals surface area contributed by atoms with E-state index < -0.39 is 11.6 Å². The third-order valence-corrected chi connectivity index (χ3v) is 6.36. The SMILES string of the molecule is COC1(Cc2ccccc2)C[C@H]2CN(CC(=O)c3ccc(O)c(F)c3)C[C@H]2C1. The summed E-state index contributed by atoms with van der Waals surface area (Å²) in [4.78, 5) is 14.7. The Balaban J connectivity index is 1.37. The summed E-state index contributed by atoms with van der Waals surface area (Å²) in [6, 6.07) is 14.3. The Morgan fingerprint density at radius 2 is 1.86 bits per heavy atom. The number of carbonyl (C=O) groups excluding carboxylic acids is 1. The summed E-state index contributed by atoms with van der Waals surface area (Å²) in [6.45, 7) is 2.03. The lowest BCUT2D eigenvalue weighted by atomic mass is 9.91. The molecule has 1 saturated carbocycles. The van der Waals surface area contributed by atoms with E-state index in [0.29, 0.717) is 17.4 Å². The highest BCUT2D eigenvalue weighted by molar-refractivity contribution is 5.97. The number of benzene rings is 2. The first-order valence-electron chi connectivity index (χ1n) is 9.81. The van der Waals surface area contributed by atoms with E-state index in [-0.39, 0.29) is 17.9 Å². The number of ketones is 1. The van der Waals surface area contributed by atoms with Crippen molar-refractivity contribution in [1.29, 1.82) is 0 Å². The number of hydrogen-bond acceptors (Lipinski definition) is 4. The van der Waals surface area contributed by atoms with Crippen molar-refractivity contribution in [2.24, 2.45) is 11.8 Å². The average molecular weight is 383 g/mol. The highest BCUT2D eigenvalue weighted by Gasteiger charge is 2.49. The van der Waals surface area contributed by atoms with E-state index in [2.05, 4.69) is 29.2 Å². The molecule has 1 aliphatic heterocycles. The molecule has 4 rings (SSSR count). The average Bonchev–Trinajstić information content (AvgIpc) is 3.20. The minimum Gasteiger partial charge on any atom is -0.505 e. The molecule has 5 heteroatoms. The van der Waals surface area contributed by atoms with Crippen LogP contribution in [0.2, 0.25) is 0 Å². The molecular weight excluding hydrogens is 357 g/mol. The number of likely N-dealkylation sites (tertiary alicyclic amines) is 1. The normalized spacial score (nSPS) is 27.1. The second kappa shape index (κ2) is 7.64. The lowest BCUT2D eigenvalue weighted by Gasteiger charge is -2.30. The number of phenolic OH excluding ortho intramolecular Hbond substituents is 1. The fraction of sp³-hybridized carbons (Fsp3) is 0.435. The minimum absolute atomic E-state index is 0.110. The van der Waals surface area contributed by atoms with Gasteiger partial charge in [-0.3, -0.25) is 9.69 Å². The standard InChI is InChI=1S/C23H26FNO3/c1-28-23(10-16-5-3-2-4-6-16)11-18-13-25(14-19(18)12-23)15-22(27)17-7-8-21(26)20(24)9-17/h2-9,18-19,26H,10-15H2,1H3/t18-,19+,23?. The van der Waals surface area contributed by atoms with Crippen LogP contribution in [0.4, 0.5) is 4.39 Å². The maximum Gasteiger partial charge on any atom is 0.176 e. The zero-order valence-electron chi connectivity index (χ0n) is 16.1. The second-order valence-corrected chi connectivity index (χ2v) is 8.26. The van der Waals surface area contributed by atoms with Gasteiger partial charge in [-0.25, -0.2) is 4.39 Å². The number of nitrogens with zero attached hydrogens (tertiary/aromatic N) is 1. The van der Waals surface area contributed by atoms with Crippen LogP contribution in [0, 0.1) is 17.7 Å². The smallest absolute Gasteiger partial charge is 0.176 e. The number of rotatable bonds is 6. The van der Waals surface area contributed by atoms with Gasteiger partial charge >= 0.3 is 0 Å². The molecule has 0 amide bonds. The molecule has 1 N–H and O–H groups in total. The Bertz CT molecular complexity index is 840. The van der Waals surface area contributed by atoms with Crippen LogP contribution in [0.15, 0.2) is 48.5 Å². The molecule has 0 radical (unpaired) electrons. The monoisotopic (exact) mass is 383 g/mol. The van der Waals surface area contributed by atoms with Crippen molar-refractivity contribution in [1.82, 2.24) is 4.90 Å². The summed E-state index contributed by atoms with van der Waals surface area (Å²) in [5.74, 6) is -0.251. The van der Waals surface area contributed by atoms with Gasteiger partial charge in [-0.15, -0.1) is 0 Å². The van der Waals surface area contributed by atoms with Gasteiger partial charge in [0.05, 0.1) is 12.1 Å². The van der Waals surface area contributed by atoms with Crippen molar-refractivity contribution in [3.63, 3.8) is 0 Å². The van der Waals surface area contributed by atoms with Crippen LogP contribution in [0.1, 0.15) is 28.8 Å². The molecule has 2 aliphatic rings. The van der Waals surface area contributed by atoms with Crippen LogP contribution in [0.3, 0.4) is 0 Å². The number of hydrogen-bond donors (Lipinski definition) is 1. The number of fused-ring (bicyclic) bond motifs is 1. The Labute approximate surface area is 164 Å². The van der Waals surface area contributed by atoms with Crippen molar-refractivity contribution < 1.29 is 19.0 Å². The Kier molecular flexibility index (Phi) is 5.21. The van der Waals surface area contributed by atoms with E-state index in [1.165, 1.54) is 17.7 Å². The quantitative estimate of drug-likeness (QED) is 0.773. The second-order valence-electron chi connectivity index (χ2n) is 8.26. The number of phenols is 1. The highest BCUT2D eigenvalue weighted by Crippen LogP contribution is 2.47. The number of ether oxygens (including phenoxy) is 1. The van der Waals surface area contributed by atoms with Crippen LogP contribution < -0.4 is 0 Å². The van der Waals surface area contributed by atoms with E-state index in [1.54, 1.807) is 0 Å². The maximum absolute atomic E-state index is 13.5. The molecule has 1 unspecified atom stereocenters. The lowest BCUT2D eigenvalue weighted by molar-refractivity contribution is -0.0129. The molecule has 0 bridgehead atoms. The number of methoxy groups -OCH3 is 1. The zero-order valence-corrected chi connectivity index (χ0v) is 16.1. The van der Waals surface area contributed by atoms with Gasteiger partial charge < -0.3 is 9.84 Å². The molecule has 0 aromatic heterocycles. The maximum atomic E-state index is 13.5. The summed E-state index contributed by atoms with van der Waals surface area (Å²) in [5.41, 5.74) is 1.49. The summed E-state index contributed by atoms with van der Waals surface area (Å²) in [7, 11) is 1.81. The van der Waals surface area contributed by atoms with E-state index in [9.17, 15) is 14.3 Å². The molecule has 0 spiro atoms. The Morgan fingerprint density at radius 3 is 2.46 bits per heavy atom. The number of aromatic hydroxyl groups is 1. The molecule has 4 nitrogen and oxygen atoms in total. The van der Waals surface area contributed by atoms with E-state index >= 15 is 0 Å². The van der Waals surface area contributed by atoms with Crippen molar-refractivity contribution in [2.75, 3.05) is 26.7 Å². The largest absolute Gasteiger partial charge is 0.505 e. The summed E-state index contributed by atoms with van der Waals surface area (Å²) in [6.07, 6.45) is 2.92. The van der Waals surface area contributed by atoms with Gasteiger partial charge in [-0.05, 0) is 48.4 Å². The van der Waals surface area contributed by atoms with Crippen molar-refractivity contribution in [3.05, 3.63) is 65.5 Å². The summed E-state index contributed by atoms with van der Waals surface area (Å²) >= 11 is 0. The molecular formula is C23H26FNO3. The molecule has 1 heterocycles. The number of carbonyl (C=O) groups is 1. The Morgan fingerprint density at radius 1 is 1.18 bits per heavy atom. The molecule has 2 fully saturated rings. The zero-order chi connectivity index (χ0) is 19.7. The van der Waals surface area contributed by atoms with Gasteiger partial charge in [0, 0.05) is 32.2 Å². The van der Waals surface area contributed by atoms with E-state index in [0.717, 1.165) is 38.4 Å². The van der Waals surface area contributed by atoms with Crippen LogP contribution >= 0.6 is 0 Å². The highest BCUT2D eigenvalue weighted by atomic mass is 19.1. The van der Waals surface area contributed by atoms with Crippen molar-refractivity contribution in [3.8, 4) is 5.75 Å². The first kappa shape index (κ1) is 19.1. The van der Waals surface area contributed by atoms with Crippen molar-refractivity contribution in [2.45, 2.75) is 24.9 Å². The number of Topliss-reactive ketones (excluding diaryl/α,β-unsaturated/α-hetero) is 1. The molecule has 2 aromatic rings. The third-order valence-electron chi connectivity index (χ3n) is 6.36. The Hall–Kier alpha value is -2.24. The van der Waals surface area contributed by atoms with Gasteiger partial charge in [-0.2, -0.15) is 0 Å². The molecule has 28 heavy (non-hydrogen) atoms. The van der Waals surface area contributed by atoms with Gasteiger partial charge in [0.25, 0.3) is 0 Å². The van der Waals surface area contributed by atoms with Crippen LogP contribution in [0.25, 0.3) is 0 Å². The first-order valence-corrected chi connectivity index (χ1v) is 9.81. The fourth-order valence-corrected chi connectivity index (χ4v) is 4.99. The molecule has 1 saturated heterocycles. The summed E-state index contributed by atoms with van der Waals surface area (Å²) < 4.78 is 19.5. The molecule has 3 atom stereocenters. The minimum atomic E-state index is -0.755. The van der Waals surface area contributed by atoms with Crippen LogP contribution in [-0.4, -0.2) is 48.1 Å². The van der Waals surface area contributed by atoms with Crippen LogP contribution in [-0.2, 0) is 11.2 Å². The molecule has 1 aliphatic carbocycles. The van der Waals surface area contributed by atoms with Crippen LogP contribution in [0.5, 0.6) is 5.75 Å². The fourth-order valence-electron chi connectivity index (χ4n) is 4.99. The summed E-state index contributed by atoms with van der Waals surface area (Å²) in [5, 5.41) is 9.29. The number of halogens is 1. The van der Waals surface area contributed by atoms with E-state index in [4.69, 9.17) is 4.74 Å². The predicted molar refractivity (Wildman–Crippen MR) is 105 cm³/mol. The van der Waals surface area contributed by atoms with Gasteiger partial charge in [0.2, 0.25) is 0 Å². The van der Waals surface area contributed by atoms with Crippen molar-refractivity contribution >= 4 is 5.78 Å². The predicted octanol–water partition coefficient (Wildman–Crippen LogP) is 3.68. The van der Waals surface area contributed by atoms with Gasteiger partial charge in [0.1, 0.15) is 0 Å². The first-order chi connectivity index (χ1) is 13.5.